The van der Waals surface area contributed by atoms with Gasteiger partial charge in [0.15, 0.2) is 23.7 Å². The highest BCUT2D eigenvalue weighted by atomic mass is 16.6. The Balaban J connectivity index is 1.47. The van der Waals surface area contributed by atoms with Gasteiger partial charge in [0.2, 0.25) is 0 Å². The summed E-state index contributed by atoms with van der Waals surface area (Å²) in [5, 5.41) is 13.3. The zero-order valence-electron chi connectivity index (χ0n) is 13.7. The Morgan fingerprint density at radius 2 is 2.04 bits per heavy atom. The molecule has 0 fully saturated rings. The number of methoxy groups -OCH3 is 1. The maximum absolute atomic E-state index is 5.29. The highest BCUT2D eigenvalue weighted by molar-refractivity contribution is 5.88. The van der Waals surface area contributed by atoms with Crippen molar-refractivity contribution >= 4 is 22.9 Å². The van der Waals surface area contributed by atoms with Crippen molar-refractivity contribution in [1.29, 1.82) is 0 Å². The van der Waals surface area contributed by atoms with Gasteiger partial charge in [0, 0.05) is 7.05 Å². The van der Waals surface area contributed by atoms with Gasteiger partial charge in [0.25, 0.3) is 0 Å². The number of ether oxygens (including phenoxy) is 1. The molecule has 126 valence electrons. The van der Waals surface area contributed by atoms with Gasteiger partial charge in [0.1, 0.15) is 12.1 Å². The molecule has 9 heteroatoms. The van der Waals surface area contributed by atoms with Gasteiger partial charge in [-0.1, -0.05) is 5.16 Å². The van der Waals surface area contributed by atoms with Crippen LogP contribution in [0.5, 0.6) is 5.75 Å². The van der Waals surface area contributed by atoms with E-state index >= 15 is 0 Å². The minimum absolute atomic E-state index is 0.163. The number of aromatic nitrogens is 6. The summed E-state index contributed by atoms with van der Waals surface area (Å²) < 4.78 is 8.41. The van der Waals surface area contributed by atoms with E-state index in [9.17, 15) is 0 Å². The van der Waals surface area contributed by atoms with Crippen LogP contribution in [0.4, 0.5) is 0 Å². The van der Waals surface area contributed by atoms with Crippen LogP contribution in [0.15, 0.2) is 41.9 Å². The minimum Gasteiger partial charge on any atom is -0.497 e. The lowest BCUT2D eigenvalue weighted by molar-refractivity contribution is 0.126. The fourth-order valence-electron chi connectivity index (χ4n) is 2.43. The van der Waals surface area contributed by atoms with E-state index in [0.717, 1.165) is 22.3 Å². The van der Waals surface area contributed by atoms with Crippen LogP contribution in [0.3, 0.4) is 0 Å². The third-order valence-electron chi connectivity index (χ3n) is 3.70. The number of fused-ring (bicyclic) bond motifs is 3. The number of aryl methyl sites for hydroxylation is 1. The average molecular weight is 337 g/mol. The lowest BCUT2D eigenvalue weighted by atomic mass is 10.2. The van der Waals surface area contributed by atoms with Gasteiger partial charge in [-0.15, -0.1) is 5.10 Å². The first-order valence-electron chi connectivity index (χ1n) is 7.56. The lowest BCUT2D eigenvalue weighted by Gasteiger charge is -1.98. The predicted molar refractivity (Wildman–Crippen MR) is 90.4 cm³/mol. The van der Waals surface area contributed by atoms with E-state index in [1.165, 1.54) is 0 Å². The summed E-state index contributed by atoms with van der Waals surface area (Å²) in [4.78, 5) is 14.1. The van der Waals surface area contributed by atoms with E-state index in [4.69, 9.17) is 9.57 Å². The molecular weight excluding hydrogens is 322 g/mol. The highest BCUT2D eigenvalue weighted by Gasteiger charge is 2.11. The summed E-state index contributed by atoms with van der Waals surface area (Å²) >= 11 is 0. The SMILES string of the molecule is COc1ccc(/C=N/OCc2nc3c4cnn(C)c4ncn3n2)cc1. The van der Waals surface area contributed by atoms with Gasteiger partial charge < -0.3 is 9.57 Å². The molecule has 0 unspecified atom stereocenters. The topological polar surface area (TPSA) is 91.7 Å². The van der Waals surface area contributed by atoms with Gasteiger partial charge in [-0.2, -0.15) is 5.10 Å². The second-order valence-electron chi connectivity index (χ2n) is 5.33. The van der Waals surface area contributed by atoms with Crippen LogP contribution in [0.25, 0.3) is 16.7 Å². The molecule has 3 aromatic heterocycles. The molecule has 0 bridgehead atoms. The maximum Gasteiger partial charge on any atom is 0.192 e. The Hall–Kier alpha value is -3.49. The fraction of sp³-hybridized carbons (Fsp3) is 0.188. The number of oxime groups is 1. The summed E-state index contributed by atoms with van der Waals surface area (Å²) in [5.41, 5.74) is 2.35. The zero-order chi connectivity index (χ0) is 17.2. The molecule has 4 rings (SSSR count). The van der Waals surface area contributed by atoms with Crippen LogP contribution in [0.2, 0.25) is 0 Å². The molecule has 0 N–H and O–H groups in total. The average Bonchev–Trinajstić information content (AvgIpc) is 3.22. The maximum atomic E-state index is 5.29. The Kier molecular flexibility index (Phi) is 3.73. The Bertz CT molecular complexity index is 1050. The molecule has 1 aromatic carbocycles. The predicted octanol–water partition coefficient (Wildman–Crippen LogP) is 1.57. The van der Waals surface area contributed by atoms with E-state index in [1.54, 1.807) is 35.0 Å². The molecule has 9 nitrogen and oxygen atoms in total. The molecule has 4 aromatic rings. The largest absolute Gasteiger partial charge is 0.497 e. The summed E-state index contributed by atoms with van der Waals surface area (Å²) in [6, 6.07) is 7.49. The smallest absolute Gasteiger partial charge is 0.192 e. The Morgan fingerprint density at radius 3 is 2.84 bits per heavy atom. The first kappa shape index (κ1) is 15.1. The van der Waals surface area contributed by atoms with Crippen molar-refractivity contribution in [3.63, 3.8) is 0 Å². The highest BCUT2D eigenvalue weighted by Crippen LogP contribution is 2.15. The van der Waals surface area contributed by atoms with Crippen LogP contribution < -0.4 is 4.74 Å². The number of hydrogen-bond donors (Lipinski definition) is 0. The van der Waals surface area contributed by atoms with Gasteiger partial charge in [-0.3, -0.25) is 4.68 Å². The van der Waals surface area contributed by atoms with Crippen molar-refractivity contribution in [2.24, 2.45) is 12.2 Å². The molecule has 0 saturated carbocycles. The van der Waals surface area contributed by atoms with Gasteiger partial charge in [-0.25, -0.2) is 14.5 Å². The van der Waals surface area contributed by atoms with E-state index in [2.05, 4.69) is 25.3 Å². The lowest BCUT2D eigenvalue weighted by Crippen LogP contribution is -1.95. The van der Waals surface area contributed by atoms with Crippen molar-refractivity contribution < 1.29 is 9.57 Å². The van der Waals surface area contributed by atoms with E-state index in [0.29, 0.717) is 11.5 Å². The van der Waals surface area contributed by atoms with Gasteiger partial charge >= 0.3 is 0 Å². The van der Waals surface area contributed by atoms with Crippen molar-refractivity contribution in [3.8, 4) is 5.75 Å². The molecular formula is C16H15N7O2. The Labute approximate surface area is 142 Å². The summed E-state index contributed by atoms with van der Waals surface area (Å²) in [5.74, 6) is 1.31. The van der Waals surface area contributed by atoms with Gasteiger partial charge in [0.05, 0.1) is 24.9 Å². The number of nitrogens with zero attached hydrogens (tertiary/aromatic N) is 7. The fourth-order valence-corrected chi connectivity index (χ4v) is 2.43. The Morgan fingerprint density at radius 1 is 1.20 bits per heavy atom. The van der Waals surface area contributed by atoms with Crippen LogP contribution in [0, 0.1) is 0 Å². The minimum atomic E-state index is 0.163. The molecule has 0 amide bonds. The molecule has 0 saturated heterocycles. The third-order valence-corrected chi connectivity index (χ3v) is 3.70. The number of benzene rings is 1. The summed E-state index contributed by atoms with van der Waals surface area (Å²) in [6.45, 7) is 0.163. The number of hydrogen-bond acceptors (Lipinski definition) is 7. The van der Waals surface area contributed by atoms with Crippen LogP contribution >= 0.6 is 0 Å². The number of rotatable bonds is 5. The monoisotopic (exact) mass is 337 g/mol. The molecule has 0 radical (unpaired) electrons. The standard InChI is InChI=1S/C16H15N7O2/c1-22-15-13(8-18-22)16-20-14(21-23(16)10-17-15)9-25-19-7-11-3-5-12(24-2)6-4-11/h3-8,10H,9H2,1-2H3/b19-7+. The summed E-state index contributed by atoms with van der Waals surface area (Å²) in [6.07, 6.45) is 4.95. The van der Waals surface area contributed by atoms with Crippen molar-refractivity contribution in [2.75, 3.05) is 7.11 Å². The normalized spacial score (nSPS) is 11.6. The second-order valence-corrected chi connectivity index (χ2v) is 5.33. The quantitative estimate of drug-likeness (QED) is 0.405. The van der Waals surface area contributed by atoms with Crippen LogP contribution in [-0.4, -0.2) is 42.7 Å². The first-order valence-corrected chi connectivity index (χ1v) is 7.56. The molecule has 0 aliphatic heterocycles. The molecule has 0 aliphatic carbocycles. The van der Waals surface area contributed by atoms with Crippen molar-refractivity contribution in [3.05, 3.63) is 48.2 Å². The molecule has 25 heavy (non-hydrogen) atoms. The molecule has 3 heterocycles. The van der Waals surface area contributed by atoms with Crippen molar-refractivity contribution in [2.45, 2.75) is 6.61 Å². The van der Waals surface area contributed by atoms with Crippen LogP contribution in [0.1, 0.15) is 11.4 Å². The molecule has 0 spiro atoms. The van der Waals surface area contributed by atoms with Gasteiger partial charge in [-0.05, 0) is 29.8 Å². The third kappa shape index (κ3) is 2.87. The van der Waals surface area contributed by atoms with E-state index < -0.39 is 0 Å². The van der Waals surface area contributed by atoms with Crippen molar-refractivity contribution in [1.82, 2.24) is 29.4 Å². The molecule has 0 aliphatic rings. The summed E-state index contributed by atoms with van der Waals surface area (Å²) in [7, 11) is 3.46. The zero-order valence-corrected chi connectivity index (χ0v) is 13.7. The van der Waals surface area contributed by atoms with E-state index in [-0.39, 0.29) is 6.61 Å². The van der Waals surface area contributed by atoms with E-state index in [1.807, 2.05) is 31.3 Å². The molecule has 0 atom stereocenters. The van der Waals surface area contributed by atoms with Crippen LogP contribution in [-0.2, 0) is 18.5 Å². The first-order chi connectivity index (χ1) is 12.2. The second kappa shape index (κ2) is 6.19.